The Morgan fingerprint density at radius 3 is 2.35 bits per heavy atom. The van der Waals surface area contributed by atoms with Crippen molar-refractivity contribution in [1.29, 1.82) is 0 Å². The van der Waals surface area contributed by atoms with Crippen molar-refractivity contribution in [3.05, 3.63) is 102 Å². The van der Waals surface area contributed by atoms with Gasteiger partial charge in [0, 0.05) is 5.56 Å². The van der Waals surface area contributed by atoms with Gasteiger partial charge in [-0.2, -0.15) is 13.5 Å². The molecule has 1 amide bonds. The molecule has 34 heavy (non-hydrogen) atoms. The number of rotatable bonds is 7. The zero-order chi connectivity index (χ0) is 24.1. The first kappa shape index (κ1) is 23.0. The molecule has 0 saturated heterocycles. The molecule has 4 rings (SSSR count). The summed E-state index contributed by atoms with van der Waals surface area (Å²) in [5.74, 6) is -0.116. The number of nitrogens with one attached hydrogen (secondary N) is 1. The van der Waals surface area contributed by atoms with Gasteiger partial charge < -0.3 is 8.92 Å². The molecule has 172 valence electrons. The first-order valence-electron chi connectivity index (χ1n) is 10.4. The highest BCUT2D eigenvalue weighted by Crippen LogP contribution is 2.30. The summed E-state index contributed by atoms with van der Waals surface area (Å²) in [6.07, 6.45) is 1.39. The van der Waals surface area contributed by atoms with Gasteiger partial charge >= 0.3 is 10.1 Å². The van der Waals surface area contributed by atoms with Gasteiger partial charge in [-0.15, -0.1) is 0 Å². The fraction of sp³-hybridized carbons (Fsp3) is 0.0769. The van der Waals surface area contributed by atoms with Gasteiger partial charge in [0.05, 0.1) is 13.3 Å². The number of aryl methyl sites for hydroxylation is 1. The lowest BCUT2D eigenvalue weighted by atomic mass is 10.1. The van der Waals surface area contributed by atoms with Crippen LogP contribution in [0.5, 0.6) is 11.5 Å². The average molecular weight is 475 g/mol. The second-order valence-corrected chi connectivity index (χ2v) is 9.07. The van der Waals surface area contributed by atoms with Gasteiger partial charge in [0.2, 0.25) is 0 Å². The second-order valence-electron chi connectivity index (χ2n) is 7.52. The summed E-state index contributed by atoms with van der Waals surface area (Å²) in [6, 6.07) is 24.2. The summed E-state index contributed by atoms with van der Waals surface area (Å²) in [7, 11) is -2.65. The van der Waals surface area contributed by atoms with Gasteiger partial charge in [-0.25, -0.2) is 5.43 Å². The Morgan fingerprint density at radius 2 is 1.62 bits per heavy atom. The monoisotopic (exact) mass is 474 g/mol. The van der Waals surface area contributed by atoms with Crippen LogP contribution >= 0.6 is 0 Å². The molecular formula is C26H22N2O5S. The first-order chi connectivity index (χ1) is 16.4. The van der Waals surface area contributed by atoms with E-state index in [1.54, 1.807) is 36.4 Å². The number of hydrazone groups is 1. The molecule has 0 radical (unpaired) electrons. The second kappa shape index (κ2) is 9.76. The maximum atomic E-state index is 12.7. The largest absolute Gasteiger partial charge is 0.493 e. The minimum Gasteiger partial charge on any atom is -0.493 e. The number of benzene rings is 4. The van der Waals surface area contributed by atoms with E-state index in [4.69, 9.17) is 8.92 Å². The van der Waals surface area contributed by atoms with Crippen LogP contribution < -0.4 is 14.3 Å². The van der Waals surface area contributed by atoms with Crippen molar-refractivity contribution in [1.82, 2.24) is 5.43 Å². The van der Waals surface area contributed by atoms with E-state index in [9.17, 15) is 13.2 Å². The summed E-state index contributed by atoms with van der Waals surface area (Å²) in [5, 5.41) is 5.97. The number of fused-ring (bicyclic) bond motifs is 1. The van der Waals surface area contributed by atoms with Gasteiger partial charge in [0.15, 0.2) is 11.5 Å². The summed E-state index contributed by atoms with van der Waals surface area (Å²) in [5.41, 5.74) is 4.39. The molecule has 0 unspecified atom stereocenters. The molecule has 0 atom stereocenters. The minimum atomic E-state index is -4.06. The lowest BCUT2D eigenvalue weighted by Crippen LogP contribution is -2.17. The van der Waals surface area contributed by atoms with Gasteiger partial charge in [-0.05, 0) is 65.7 Å². The van der Waals surface area contributed by atoms with Gasteiger partial charge in [-0.3, -0.25) is 4.79 Å². The van der Waals surface area contributed by atoms with Crippen molar-refractivity contribution >= 4 is 33.0 Å². The van der Waals surface area contributed by atoms with Crippen molar-refractivity contribution in [2.24, 2.45) is 5.10 Å². The van der Waals surface area contributed by atoms with Crippen molar-refractivity contribution in [2.75, 3.05) is 7.11 Å². The molecule has 8 heteroatoms. The van der Waals surface area contributed by atoms with E-state index in [0.717, 1.165) is 16.3 Å². The van der Waals surface area contributed by atoms with Gasteiger partial charge in [0.25, 0.3) is 5.91 Å². The number of hydrogen-bond donors (Lipinski definition) is 1. The molecule has 0 aliphatic carbocycles. The van der Waals surface area contributed by atoms with Crippen molar-refractivity contribution in [3.63, 3.8) is 0 Å². The molecule has 4 aromatic rings. The predicted molar refractivity (Wildman–Crippen MR) is 131 cm³/mol. The Balaban J connectivity index is 1.50. The Morgan fingerprint density at radius 1 is 0.882 bits per heavy atom. The summed E-state index contributed by atoms with van der Waals surface area (Å²) in [6.45, 7) is 1.86. The molecule has 0 aromatic heterocycles. The fourth-order valence-electron chi connectivity index (χ4n) is 3.27. The Kier molecular flexibility index (Phi) is 6.60. The fourth-order valence-corrected chi connectivity index (χ4v) is 4.20. The normalized spacial score (nSPS) is 11.5. The molecule has 4 aromatic carbocycles. The third-order valence-electron chi connectivity index (χ3n) is 5.09. The van der Waals surface area contributed by atoms with Crippen molar-refractivity contribution in [2.45, 2.75) is 11.8 Å². The molecule has 0 aliphatic rings. The van der Waals surface area contributed by atoms with E-state index in [2.05, 4.69) is 10.5 Å². The van der Waals surface area contributed by atoms with E-state index in [1.807, 2.05) is 37.3 Å². The van der Waals surface area contributed by atoms with Gasteiger partial charge in [0.1, 0.15) is 4.90 Å². The molecular weight excluding hydrogens is 452 g/mol. The SMILES string of the molecule is COc1ccc(/C=N\NC(=O)c2ccc3ccccc3c2)cc1OS(=O)(=O)c1ccc(C)cc1. The molecule has 7 nitrogen and oxygen atoms in total. The third-order valence-corrected chi connectivity index (χ3v) is 6.34. The van der Waals surface area contributed by atoms with Crippen LogP contribution in [0.25, 0.3) is 10.8 Å². The molecule has 0 aliphatic heterocycles. The molecule has 0 heterocycles. The topological polar surface area (TPSA) is 94.1 Å². The molecule has 0 fully saturated rings. The number of ether oxygens (including phenoxy) is 1. The minimum absolute atomic E-state index is 0.00730. The summed E-state index contributed by atoms with van der Waals surface area (Å²) < 4.78 is 35.9. The quantitative estimate of drug-likeness (QED) is 0.238. The zero-order valence-corrected chi connectivity index (χ0v) is 19.4. The zero-order valence-electron chi connectivity index (χ0n) is 18.6. The number of carbonyl (C=O) groups excluding carboxylic acids is 1. The Labute approximate surface area is 197 Å². The highest BCUT2D eigenvalue weighted by molar-refractivity contribution is 7.87. The van der Waals surface area contributed by atoms with E-state index >= 15 is 0 Å². The van der Waals surface area contributed by atoms with Crippen LogP contribution in [0.4, 0.5) is 0 Å². The predicted octanol–water partition coefficient (Wildman–Crippen LogP) is 4.69. The van der Waals surface area contributed by atoms with E-state index in [1.165, 1.54) is 31.5 Å². The summed E-state index contributed by atoms with van der Waals surface area (Å²) >= 11 is 0. The van der Waals surface area contributed by atoms with Crippen LogP contribution in [0, 0.1) is 6.92 Å². The number of hydrogen-bond acceptors (Lipinski definition) is 6. The van der Waals surface area contributed by atoms with E-state index in [0.29, 0.717) is 11.1 Å². The maximum Gasteiger partial charge on any atom is 0.339 e. The molecule has 0 saturated carbocycles. The summed E-state index contributed by atoms with van der Waals surface area (Å²) in [4.78, 5) is 12.5. The number of carbonyl (C=O) groups is 1. The standard InChI is InChI=1S/C26H22N2O5S/c1-18-7-12-23(13-8-18)34(30,31)33-25-15-19(9-14-24(25)32-2)17-27-28-26(29)22-11-10-20-5-3-4-6-21(20)16-22/h3-17H,1-2H3,(H,28,29)/b27-17-. The van der Waals surface area contributed by atoms with Gasteiger partial charge in [-0.1, -0.05) is 48.0 Å². The van der Waals surface area contributed by atoms with Crippen LogP contribution in [0.1, 0.15) is 21.5 Å². The average Bonchev–Trinajstić information content (AvgIpc) is 2.84. The number of amides is 1. The highest BCUT2D eigenvalue weighted by atomic mass is 32.2. The lowest BCUT2D eigenvalue weighted by molar-refractivity contribution is 0.0955. The first-order valence-corrected chi connectivity index (χ1v) is 11.8. The highest BCUT2D eigenvalue weighted by Gasteiger charge is 2.19. The van der Waals surface area contributed by atoms with E-state index in [-0.39, 0.29) is 22.3 Å². The van der Waals surface area contributed by atoms with Crippen LogP contribution in [0.15, 0.2) is 94.9 Å². The maximum absolute atomic E-state index is 12.7. The smallest absolute Gasteiger partial charge is 0.339 e. The van der Waals surface area contributed by atoms with E-state index < -0.39 is 10.1 Å². The van der Waals surface area contributed by atoms with Crippen LogP contribution in [-0.4, -0.2) is 27.6 Å². The number of methoxy groups -OCH3 is 1. The van der Waals surface area contributed by atoms with Crippen LogP contribution in [0.3, 0.4) is 0 Å². The van der Waals surface area contributed by atoms with Crippen LogP contribution in [-0.2, 0) is 10.1 Å². The molecule has 1 N–H and O–H groups in total. The van der Waals surface area contributed by atoms with Crippen molar-refractivity contribution < 1.29 is 22.1 Å². The van der Waals surface area contributed by atoms with Crippen molar-refractivity contribution in [3.8, 4) is 11.5 Å². The Hall–Kier alpha value is -4.17. The number of nitrogens with zero attached hydrogens (tertiary/aromatic N) is 1. The third kappa shape index (κ3) is 5.24. The molecule has 0 bridgehead atoms. The lowest BCUT2D eigenvalue weighted by Gasteiger charge is -2.11. The van der Waals surface area contributed by atoms with Crippen LogP contribution in [0.2, 0.25) is 0 Å². The Bertz CT molecular complexity index is 1480. The molecule has 0 spiro atoms.